The molecule has 3 rings (SSSR count). The molecular formula is C27H36N2O3. The highest BCUT2D eigenvalue weighted by Gasteiger charge is 2.24. The van der Waals surface area contributed by atoms with Crippen LogP contribution in [0.25, 0.3) is 0 Å². The number of hydrogen-bond acceptors (Lipinski definition) is 3. The minimum atomic E-state index is -0.0394. The lowest BCUT2D eigenvalue weighted by Crippen LogP contribution is -2.46. The van der Waals surface area contributed by atoms with Crippen molar-refractivity contribution in [3.63, 3.8) is 0 Å². The topological polar surface area (TPSA) is 58.6 Å². The van der Waals surface area contributed by atoms with Crippen LogP contribution in [-0.2, 0) is 10.2 Å². The number of ether oxygens (including phenoxy) is 1. The number of likely N-dealkylation sites (tertiary alicyclic amines) is 1. The summed E-state index contributed by atoms with van der Waals surface area (Å²) in [5.74, 6) is 0.970. The summed E-state index contributed by atoms with van der Waals surface area (Å²) in [6.07, 6.45) is 2.77. The van der Waals surface area contributed by atoms with E-state index in [0.29, 0.717) is 38.1 Å². The third-order valence-corrected chi connectivity index (χ3v) is 6.02. The molecule has 1 N–H and O–H groups in total. The Balaban J connectivity index is 1.34. The summed E-state index contributed by atoms with van der Waals surface area (Å²) >= 11 is 0. The fraction of sp³-hybridized carbons (Fsp3) is 0.481. The molecule has 2 aromatic rings. The van der Waals surface area contributed by atoms with Gasteiger partial charge in [0.15, 0.2) is 0 Å². The van der Waals surface area contributed by atoms with Gasteiger partial charge in [-0.2, -0.15) is 0 Å². The number of nitrogens with one attached hydrogen (secondary N) is 1. The monoisotopic (exact) mass is 436 g/mol. The Morgan fingerprint density at radius 2 is 1.62 bits per heavy atom. The van der Waals surface area contributed by atoms with E-state index < -0.39 is 0 Å². The van der Waals surface area contributed by atoms with E-state index in [-0.39, 0.29) is 23.3 Å². The Morgan fingerprint density at radius 1 is 1.00 bits per heavy atom. The first-order valence-corrected chi connectivity index (χ1v) is 11.6. The van der Waals surface area contributed by atoms with Crippen LogP contribution in [0.1, 0.15) is 67.9 Å². The van der Waals surface area contributed by atoms with Crippen LogP contribution in [0.15, 0.2) is 48.5 Å². The number of piperidine rings is 1. The maximum absolute atomic E-state index is 12.5. The lowest BCUT2D eigenvalue weighted by atomic mass is 9.87. The van der Waals surface area contributed by atoms with E-state index in [0.717, 1.165) is 24.2 Å². The van der Waals surface area contributed by atoms with Gasteiger partial charge in [-0.3, -0.25) is 9.59 Å². The number of hydrogen-bond donors (Lipinski definition) is 1. The normalized spacial score (nSPS) is 14.8. The molecule has 5 nitrogen and oxygen atoms in total. The number of rotatable bonds is 7. The zero-order valence-corrected chi connectivity index (χ0v) is 19.8. The van der Waals surface area contributed by atoms with Crippen LogP contribution in [0.2, 0.25) is 0 Å². The highest BCUT2D eigenvalue weighted by Crippen LogP contribution is 2.24. The van der Waals surface area contributed by atoms with Crippen molar-refractivity contribution in [3.8, 4) is 5.75 Å². The molecule has 0 spiro atoms. The second-order valence-corrected chi connectivity index (χ2v) is 9.72. The first-order chi connectivity index (χ1) is 15.2. The lowest BCUT2D eigenvalue weighted by Gasteiger charge is -2.32. The molecule has 1 saturated heterocycles. The first-order valence-electron chi connectivity index (χ1n) is 11.6. The summed E-state index contributed by atoms with van der Waals surface area (Å²) in [6, 6.07) is 15.9. The van der Waals surface area contributed by atoms with Gasteiger partial charge in [0.1, 0.15) is 5.75 Å². The van der Waals surface area contributed by atoms with Gasteiger partial charge in [-0.25, -0.2) is 0 Å². The van der Waals surface area contributed by atoms with Crippen molar-refractivity contribution >= 4 is 11.8 Å². The van der Waals surface area contributed by atoms with Crippen LogP contribution in [-0.4, -0.2) is 42.5 Å². The number of amides is 2. The number of aryl methyl sites for hydroxylation is 1. The fourth-order valence-electron chi connectivity index (χ4n) is 3.87. The van der Waals surface area contributed by atoms with Gasteiger partial charge in [-0.05, 0) is 61.4 Å². The highest BCUT2D eigenvalue weighted by molar-refractivity contribution is 5.94. The molecule has 32 heavy (non-hydrogen) atoms. The van der Waals surface area contributed by atoms with Gasteiger partial charge in [-0.1, -0.05) is 50.6 Å². The van der Waals surface area contributed by atoms with E-state index in [1.807, 2.05) is 48.2 Å². The summed E-state index contributed by atoms with van der Waals surface area (Å²) in [5.41, 5.74) is 3.22. The number of benzene rings is 2. The maximum atomic E-state index is 12.5. The smallest absolute Gasteiger partial charge is 0.251 e. The molecule has 0 aliphatic carbocycles. The van der Waals surface area contributed by atoms with Crippen LogP contribution in [0, 0.1) is 6.92 Å². The summed E-state index contributed by atoms with van der Waals surface area (Å²) in [7, 11) is 0. The third kappa shape index (κ3) is 6.84. The predicted molar refractivity (Wildman–Crippen MR) is 128 cm³/mol. The predicted octanol–water partition coefficient (Wildman–Crippen LogP) is 4.87. The summed E-state index contributed by atoms with van der Waals surface area (Å²) in [6.45, 7) is 10.5. The molecule has 2 aromatic carbocycles. The molecule has 1 aliphatic rings. The number of carbonyl (C=O) groups excluding carboxylic acids is 2. The van der Waals surface area contributed by atoms with Gasteiger partial charge in [0.2, 0.25) is 5.91 Å². The van der Waals surface area contributed by atoms with Gasteiger partial charge >= 0.3 is 0 Å². The Hall–Kier alpha value is -2.82. The van der Waals surface area contributed by atoms with E-state index in [1.165, 1.54) is 5.56 Å². The van der Waals surface area contributed by atoms with Gasteiger partial charge in [0, 0.05) is 31.1 Å². The standard InChI is InChI=1S/C27H36N2O3/c1-20-7-9-21(10-8-20)26(31)28-23-15-17-29(18-16-23)25(30)6-5-19-32-24-13-11-22(12-14-24)27(2,3)4/h7-14,23H,5-6,15-19H2,1-4H3,(H,28,31). The molecule has 0 aromatic heterocycles. The molecular weight excluding hydrogens is 400 g/mol. The van der Waals surface area contributed by atoms with E-state index in [2.05, 4.69) is 38.2 Å². The molecule has 5 heteroatoms. The zero-order valence-electron chi connectivity index (χ0n) is 19.8. The van der Waals surface area contributed by atoms with Gasteiger partial charge in [0.05, 0.1) is 6.61 Å². The average molecular weight is 437 g/mol. The molecule has 0 unspecified atom stereocenters. The molecule has 172 valence electrons. The third-order valence-electron chi connectivity index (χ3n) is 6.02. The number of nitrogens with zero attached hydrogens (tertiary/aromatic N) is 1. The van der Waals surface area contributed by atoms with E-state index in [9.17, 15) is 9.59 Å². The molecule has 2 amide bonds. The minimum Gasteiger partial charge on any atom is -0.494 e. The van der Waals surface area contributed by atoms with E-state index in [1.54, 1.807) is 0 Å². The summed E-state index contributed by atoms with van der Waals surface area (Å²) in [5, 5.41) is 3.10. The second kappa shape index (κ2) is 10.7. The largest absolute Gasteiger partial charge is 0.494 e. The average Bonchev–Trinajstić information content (AvgIpc) is 2.77. The van der Waals surface area contributed by atoms with Crippen molar-refractivity contribution in [3.05, 3.63) is 65.2 Å². The molecule has 1 heterocycles. The first kappa shape index (κ1) is 23.8. The fourth-order valence-corrected chi connectivity index (χ4v) is 3.87. The van der Waals surface area contributed by atoms with Crippen molar-refractivity contribution in [1.82, 2.24) is 10.2 Å². The zero-order chi connectivity index (χ0) is 23.1. The Labute approximate surface area is 192 Å². The van der Waals surface area contributed by atoms with Crippen molar-refractivity contribution in [2.45, 2.75) is 64.8 Å². The molecule has 1 aliphatic heterocycles. The summed E-state index contributed by atoms with van der Waals surface area (Å²) in [4.78, 5) is 26.8. The Kier molecular flexibility index (Phi) is 7.94. The summed E-state index contributed by atoms with van der Waals surface area (Å²) < 4.78 is 5.80. The molecule has 0 saturated carbocycles. The maximum Gasteiger partial charge on any atom is 0.251 e. The SMILES string of the molecule is Cc1ccc(C(=O)NC2CCN(C(=O)CCCOc3ccc(C(C)(C)C)cc3)CC2)cc1. The molecule has 1 fully saturated rings. The van der Waals surface area contributed by atoms with Crippen LogP contribution < -0.4 is 10.1 Å². The van der Waals surface area contributed by atoms with Crippen LogP contribution in [0.5, 0.6) is 5.75 Å². The van der Waals surface area contributed by atoms with Crippen molar-refractivity contribution < 1.29 is 14.3 Å². The van der Waals surface area contributed by atoms with Gasteiger partial charge in [-0.15, -0.1) is 0 Å². The van der Waals surface area contributed by atoms with Crippen molar-refractivity contribution in [2.24, 2.45) is 0 Å². The van der Waals surface area contributed by atoms with Crippen molar-refractivity contribution in [2.75, 3.05) is 19.7 Å². The number of carbonyl (C=O) groups is 2. The van der Waals surface area contributed by atoms with Crippen LogP contribution in [0.4, 0.5) is 0 Å². The van der Waals surface area contributed by atoms with Crippen LogP contribution in [0.3, 0.4) is 0 Å². The van der Waals surface area contributed by atoms with Gasteiger partial charge < -0.3 is 15.0 Å². The molecule has 0 atom stereocenters. The quantitative estimate of drug-likeness (QED) is 0.630. The van der Waals surface area contributed by atoms with Gasteiger partial charge in [0.25, 0.3) is 5.91 Å². The lowest BCUT2D eigenvalue weighted by molar-refractivity contribution is -0.132. The second-order valence-electron chi connectivity index (χ2n) is 9.72. The minimum absolute atomic E-state index is 0.0394. The van der Waals surface area contributed by atoms with Crippen molar-refractivity contribution in [1.29, 1.82) is 0 Å². The molecule has 0 radical (unpaired) electrons. The van der Waals surface area contributed by atoms with E-state index in [4.69, 9.17) is 4.74 Å². The molecule has 0 bridgehead atoms. The highest BCUT2D eigenvalue weighted by atomic mass is 16.5. The Bertz CT molecular complexity index is 890. The Morgan fingerprint density at radius 3 is 2.22 bits per heavy atom. The van der Waals surface area contributed by atoms with Crippen LogP contribution >= 0.6 is 0 Å². The van der Waals surface area contributed by atoms with E-state index >= 15 is 0 Å².